The van der Waals surface area contributed by atoms with Gasteiger partial charge in [0, 0.05) is 0 Å². The topological polar surface area (TPSA) is 75.7 Å². The van der Waals surface area contributed by atoms with Crippen LogP contribution in [0.4, 0.5) is 0 Å². The van der Waals surface area contributed by atoms with Crippen molar-refractivity contribution in [3.8, 4) is 11.5 Å². The maximum atomic E-state index is 9.31. The van der Waals surface area contributed by atoms with Gasteiger partial charge in [0.1, 0.15) is 18.1 Å². The van der Waals surface area contributed by atoms with Crippen molar-refractivity contribution in [2.45, 2.75) is 12.5 Å². The molecular weight excluding hydrogens is 182 g/mol. The average Bonchev–Trinajstić information content (AvgIpc) is 2.17. The summed E-state index contributed by atoms with van der Waals surface area (Å²) >= 11 is 0. The molecule has 0 aliphatic heterocycles. The number of ether oxygens (including phenoxy) is 1. The highest BCUT2D eigenvalue weighted by Crippen LogP contribution is 2.15. The number of aromatic hydroxyl groups is 1. The first-order valence-corrected chi connectivity index (χ1v) is 4.52. The Morgan fingerprint density at radius 1 is 1.29 bits per heavy atom. The predicted octanol–water partition coefficient (Wildman–Crippen LogP) is 0.481. The van der Waals surface area contributed by atoms with Gasteiger partial charge in [0.25, 0.3) is 0 Å². The van der Waals surface area contributed by atoms with E-state index >= 15 is 0 Å². The van der Waals surface area contributed by atoms with Crippen LogP contribution in [0.15, 0.2) is 24.3 Å². The highest BCUT2D eigenvalue weighted by Gasteiger charge is 2.03. The maximum absolute atomic E-state index is 9.31. The number of nitrogens with two attached hydrogens (primary N) is 1. The van der Waals surface area contributed by atoms with Crippen LogP contribution in [-0.4, -0.2) is 29.5 Å². The van der Waals surface area contributed by atoms with Crippen molar-refractivity contribution in [1.82, 2.24) is 0 Å². The first-order chi connectivity index (χ1) is 6.72. The summed E-state index contributed by atoms with van der Waals surface area (Å²) in [6, 6.07) is 6.35. The van der Waals surface area contributed by atoms with Gasteiger partial charge in [0.15, 0.2) is 0 Å². The van der Waals surface area contributed by atoms with E-state index in [2.05, 4.69) is 0 Å². The van der Waals surface area contributed by atoms with E-state index in [0.29, 0.717) is 18.7 Å². The fraction of sp³-hybridized carbons (Fsp3) is 0.400. The minimum Gasteiger partial charge on any atom is -0.508 e. The second-order valence-electron chi connectivity index (χ2n) is 3.04. The number of benzene rings is 1. The largest absolute Gasteiger partial charge is 0.508 e. The standard InChI is InChI=1S/C10H15NO3/c11-6-5-9(13)7-14-10-3-1-8(12)2-4-10/h1-4,9,12-13H,5-7,11H2. The molecule has 0 radical (unpaired) electrons. The molecular formula is C10H15NO3. The molecule has 1 rings (SSSR count). The van der Waals surface area contributed by atoms with Gasteiger partial charge in [-0.25, -0.2) is 0 Å². The normalized spacial score (nSPS) is 12.4. The predicted molar refractivity (Wildman–Crippen MR) is 53.3 cm³/mol. The van der Waals surface area contributed by atoms with Gasteiger partial charge >= 0.3 is 0 Å². The molecule has 4 N–H and O–H groups in total. The minimum atomic E-state index is -0.534. The zero-order valence-corrected chi connectivity index (χ0v) is 7.89. The first kappa shape index (κ1) is 10.8. The number of aliphatic hydroxyl groups excluding tert-OH is 1. The Morgan fingerprint density at radius 2 is 1.93 bits per heavy atom. The third-order valence-electron chi connectivity index (χ3n) is 1.78. The Balaban J connectivity index is 2.34. The summed E-state index contributed by atoms with van der Waals surface area (Å²) in [5.74, 6) is 0.818. The molecule has 0 saturated carbocycles. The molecule has 4 heteroatoms. The smallest absolute Gasteiger partial charge is 0.119 e. The van der Waals surface area contributed by atoms with Gasteiger partial charge in [-0.2, -0.15) is 0 Å². The third kappa shape index (κ3) is 3.64. The molecule has 0 spiro atoms. The molecule has 14 heavy (non-hydrogen) atoms. The van der Waals surface area contributed by atoms with E-state index in [9.17, 15) is 5.11 Å². The summed E-state index contributed by atoms with van der Waals surface area (Å²) < 4.78 is 5.26. The Kier molecular flexibility index (Phi) is 4.22. The molecule has 1 aromatic rings. The van der Waals surface area contributed by atoms with Crippen LogP contribution in [0.25, 0.3) is 0 Å². The van der Waals surface area contributed by atoms with Crippen LogP contribution in [0.2, 0.25) is 0 Å². The summed E-state index contributed by atoms with van der Waals surface area (Å²) in [6.45, 7) is 0.669. The Labute approximate surface area is 82.9 Å². The quantitative estimate of drug-likeness (QED) is 0.641. The molecule has 78 valence electrons. The average molecular weight is 197 g/mol. The Bertz CT molecular complexity index is 261. The lowest BCUT2D eigenvalue weighted by Gasteiger charge is -2.10. The van der Waals surface area contributed by atoms with Gasteiger partial charge in [-0.3, -0.25) is 0 Å². The second-order valence-corrected chi connectivity index (χ2v) is 3.04. The minimum absolute atomic E-state index is 0.194. The number of hydrogen-bond donors (Lipinski definition) is 3. The van der Waals surface area contributed by atoms with Crippen molar-refractivity contribution >= 4 is 0 Å². The van der Waals surface area contributed by atoms with Crippen LogP contribution < -0.4 is 10.5 Å². The number of phenolic OH excluding ortho intramolecular Hbond substituents is 1. The van der Waals surface area contributed by atoms with Gasteiger partial charge in [-0.15, -0.1) is 0 Å². The van der Waals surface area contributed by atoms with Gasteiger partial charge in [0.2, 0.25) is 0 Å². The third-order valence-corrected chi connectivity index (χ3v) is 1.78. The number of rotatable bonds is 5. The summed E-state index contributed by atoms with van der Waals surface area (Å²) in [5, 5.41) is 18.3. The second kappa shape index (κ2) is 5.47. The number of aliphatic hydroxyl groups is 1. The molecule has 1 aromatic carbocycles. The molecule has 0 aliphatic rings. The molecule has 0 fully saturated rings. The molecule has 0 bridgehead atoms. The molecule has 0 aromatic heterocycles. The molecule has 1 atom stereocenters. The lowest BCUT2D eigenvalue weighted by molar-refractivity contribution is 0.102. The van der Waals surface area contributed by atoms with E-state index < -0.39 is 6.10 Å². The van der Waals surface area contributed by atoms with Crippen molar-refractivity contribution in [1.29, 1.82) is 0 Å². The van der Waals surface area contributed by atoms with Crippen molar-refractivity contribution in [3.63, 3.8) is 0 Å². The van der Waals surface area contributed by atoms with Gasteiger partial charge in [0.05, 0.1) is 6.10 Å². The molecule has 1 unspecified atom stereocenters. The van der Waals surface area contributed by atoms with Crippen LogP contribution in [0, 0.1) is 0 Å². The highest BCUT2D eigenvalue weighted by molar-refractivity contribution is 5.30. The van der Waals surface area contributed by atoms with E-state index in [-0.39, 0.29) is 12.4 Å². The monoisotopic (exact) mass is 197 g/mol. The maximum Gasteiger partial charge on any atom is 0.119 e. The zero-order valence-electron chi connectivity index (χ0n) is 7.89. The van der Waals surface area contributed by atoms with E-state index in [1.165, 1.54) is 12.1 Å². The van der Waals surface area contributed by atoms with Crippen molar-refractivity contribution < 1.29 is 14.9 Å². The van der Waals surface area contributed by atoms with E-state index in [1.807, 2.05) is 0 Å². The van der Waals surface area contributed by atoms with Gasteiger partial charge in [-0.05, 0) is 37.2 Å². The fourth-order valence-corrected chi connectivity index (χ4v) is 1.01. The summed E-state index contributed by atoms with van der Waals surface area (Å²) in [7, 11) is 0. The summed E-state index contributed by atoms with van der Waals surface area (Å²) in [4.78, 5) is 0. The van der Waals surface area contributed by atoms with Crippen LogP contribution in [0.3, 0.4) is 0 Å². The van der Waals surface area contributed by atoms with Crippen molar-refractivity contribution in [3.05, 3.63) is 24.3 Å². The molecule has 0 amide bonds. The van der Waals surface area contributed by atoms with Gasteiger partial charge in [-0.1, -0.05) is 0 Å². The van der Waals surface area contributed by atoms with E-state index in [1.54, 1.807) is 12.1 Å². The molecule has 0 heterocycles. The molecule has 0 aliphatic carbocycles. The fourth-order valence-electron chi connectivity index (χ4n) is 1.01. The first-order valence-electron chi connectivity index (χ1n) is 4.52. The van der Waals surface area contributed by atoms with Crippen LogP contribution >= 0.6 is 0 Å². The zero-order chi connectivity index (χ0) is 10.4. The van der Waals surface area contributed by atoms with Crippen LogP contribution in [0.5, 0.6) is 11.5 Å². The van der Waals surface area contributed by atoms with Gasteiger partial charge < -0.3 is 20.7 Å². The van der Waals surface area contributed by atoms with Crippen LogP contribution in [-0.2, 0) is 0 Å². The van der Waals surface area contributed by atoms with Crippen LogP contribution in [0.1, 0.15) is 6.42 Å². The van der Waals surface area contributed by atoms with E-state index in [0.717, 1.165) is 0 Å². The summed E-state index contributed by atoms with van der Waals surface area (Å²) in [5.41, 5.74) is 5.27. The lowest BCUT2D eigenvalue weighted by Crippen LogP contribution is -2.21. The summed E-state index contributed by atoms with van der Waals surface area (Å²) in [6.07, 6.45) is -0.00764. The van der Waals surface area contributed by atoms with Crippen molar-refractivity contribution in [2.24, 2.45) is 5.73 Å². The van der Waals surface area contributed by atoms with Crippen molar-refractivity contribution in [2.75, 3.05) is 13.2 Å². The van der Waals surface area contributed by atoms with E-state index in [4.69, 9.17) is 15.6 Å². The molecule has 4 nitrogen and oxygen atoms in total. The Morgan fingerprint density at radius 3 is 2.50 bits per heavy atom. The molecule has 0 saturated heterocycles. The Hall–Kier alpha value is -1.26. The SMILES string of the molecule is NCCC(O)COc1ccc(O)cc1. The highest BCUT2D eigenvalue weighted by atomic mass is 16.5. The lowest BCUT2D eigenvalue weighted by atomic mass is 10.3. The number of hydrogen-bond acceptors (Lipinski definition) is 4. The number of phenols is 1.